The summed E-state index contributed by atoms with van der Waals surface area (Å²) >= 11 is 5.85. The molecule has 1 saturated heterocycles. The molecule has 0 unspecified atom stereocenters. The number of halogens is 5. The van der Waals surface area contributed by atoms with Gasteiger partial charge in [-0.1, -0.05) is 11.6 Å². The van der Waals surface area contributed by atoms with Crippen molar-refractivity contribution in [1.82, 2.24) is 9.62 Å². The van der Waals surface area contributed by atoms with Crippen LogP contribution in [0.25, 0.3) is 0 Å². The Labute approximate surface area is 233 Å². The summed E-state index contributed by atoms with van der Waals surface area (Å²) in [6, 6.07) is 11.4. The lowest BCUT2D eigenvalue weighted by Crippen LogP contribution is -2.47. The van der Waals surface area contributed by atoms with Crippen LogP contribution >= 0.6 is 24.0 Å². The Balaban J connectivity index is 0.00000400. The third kappa shape index (κ3) is 7.99. The minimum absolute atomic E-state index is 0. The van der Waals surface area contributed by atoms with Crippen molar-refractivity contribution >= 4 is 39.7 Å². The van der Waals surface area contributed by atoms with Crippen LogP contribution in [0, 0.1) is 17.2 Å². The van der Waals surface area contributed by atoms with E-state index in [1.165, 1.54) is 18.2 Å². The third-order valence-electron chi connectivity index (χ3n) is 7.26. The molecule has 0 spiro atoms. The van der Waals surface area contributed by atoms with Crippen LogP contribution in [0.15, 0.2) is 47.4 Å². The number of nitrogens with zero attached hydrogens (tertiary/aromatic N) is 3. The molecule has 0 bridgehead atoms. The van der Waals surface area contributed by atoms with Crippen LogP contribution in [-0.2, 0) is 16.2 Å². The van der Waals surface area contributed by atoms with Crippen molar-refractivity contribution in [2.45, 2.75) is 49.2 Å². The number of nitriles is 1. The first-order valence-electron chi connectivity index (χ1n) is 12.4. The Morgan fingerprint density at radius 1 is 1.00 bits per heavy atom. The summed E-state index contributed by atoms with van der Waals surface area (Å²) in [6.07, 6.45) is 0.0186. The standard InChI is InChI=1S/C26H30ClF3N4O2S.ClH/c27-22-3-7-25(8-4-22)37(35,36)32-23-5-1-19(2-6-23)9-10-33-11-13-34(14-12-33)24-16-20(18-31)15-21(17-24)26(28,29)30;/h3-4,7-8,15-17,19,23,32H,1-2,5-6,9-14H2;1H. The summed E-state index contributed by atoms with van der Waals surface area (Å²) in [5, 5.41) is 9.63. The van der Waals surface area contributed by atoms with E-state index < -0.39 is 21.8 Å². The first kappa shape index (κ1) is 30.5. The molecule has 1 aliphatic heterocycles. The van der Waals surface area contributed by atoms with Gasteiger partial charge in [0.25, 0.3) is 0 Å². The summed E-state index contributed by atoms with van der Waals surface area (Å²) in [5.41, 5.74) is -0.348. The van der Waals surface area contributed by atoms with Crippen molar-refractivity contribution in [1.29, 1.82) is 5.26 Å². The maximum atomic E-state index is 13.2. The molecular weight excluding hydrogens is 560 g/mol. The molecule has 2 aromatic rings. The zero-order chi connectivity index (χ0) is 26.6. The van der Waals surface area contributed by atoms with Crippen molar-refractivity contribution in [3.63, 3.8) is 0 Å². The second-order valence-corrected chi connectivity index (χ2v) is 11.9. The second-order valence-electron chi connectivity index (χ2n) is 9.79. The number of anilines is 1. The molecule has 0 radical (unpaired) electrons. The summed E-state index contributed by atoms with van der Waals surface area (Å²) in [7, 11) is -3.57. The monoisotopic (exact) mass is 590 g/mol. The van der Waals surface area contributed by atoms with E-state index in [1.54, 1.807) is 12.1 Å². The van der Waals surface area contributed by atoms with Crippen molar-refractivity contribution < 1.29 is 21.6 Å². The largest absolute Gasteiger partial charge is 0.416 e. The quantitative estimate of drug-likeness (QED) is 0.447. The van der Waals surface area contributed by atoms with Crippen LogP contribution in [0.1, 0.15) is 43.2 Å². The first-order chi connectivity index (χ1) is 17.5. The maximum absolute atomic E-state index is 13.2. The highest BCUT2D eigenvalue weighted by molar-refractivity contribution is 7.89. The van der Waals surface area contributed by atoms with Gasteiger partial charge < -0.3 is 4.90 Å². The van der Waals surface area contributed by atoms with E-state index >= 15 is 0 Å². The van der Waals surface area contributed by atoms with Gasteiger partial charge in [0.15, 0.2) is 0 Å². The van der Waals surface area contributed by atoms with E-state index in [2.05, 4.69) is 9.62 Å². The summed E-state index contributed by atoms with van der Waals surface area (Å²) in [4.78, 5) is 4.45. The van der Waals surface area contributed by atoms with Gasteiger partial charge in [-0.2, -0.15) is 18.4 Å². The van der Waals surface area contributed by atoms with Gasteiger partial charge in [0.05, 0.1) is 22.1 Å². The van der Waals surface area contributed by atoms with Gasteiger partial charge in [-0.25, -0.2) is 13.1 Å². The molecule has 1 saturated carbocycles. The van der Waals surface area contributed by atoms with E-state index in [0.29, 0.717) is 29.7 Å². The molecule has 1 aliphatic carbocycles. The minimum Gasteiger partial charge on any atom is -0.369 e. The summed E-state index contributed by atoms with van der Waals surface area (Å²) < 4.78 is 67.7. The van der Waals surface area contributed by atoms with Crippen LogP contribution in [0.3, 0.4) is 0 Å². The van der Waals surface area contributed by atoms with Gasteiger partial charge >= 0.3 is 6.18 Å². The molecule has 1 N–H and O–H groups in total. The molecule has 38 heavy (non-hydrogen) atoms. The zero-order valence-corrected chi connectivity index (χ0v) is 23.1. The van der Waals surface area contributed by atoms with E-state index in [1.807, 2.05) is 11.0 Å². The normalized spacial score (nSPS) is 21.0. The molecule has 0 amide bonds. The zero-order valence-electron chi connectivity index (χ0n) is 20.8. The topological polar surface area (TPSA) is 76.4 Å². The first-order valence-corrected chi connectivity index (χ1v) is 14.3. The number of sulfonamides is 1. The molecule has 1 heterocycles. The highest BCUT2D eigenvalue weighted by atomic mass is 35.5. The van der Waals surface area contributed by atoms with Crippen LogP contribution in [-0.4, -0.2) is 52.1 Å². The molecule has 12 heteroatoms. The maximum Gasteiger partial charge on any atom is 0.416 e. The molecule has 208 valence electrons. The average Bonchev–Trinajstić information content (AvgIpc) is 2.88. The highest BCUT2D eigenvalue weighted by Crippen LogP contribution is 2.33. The SMILES string of the molecule is Cl.N#Cc1cc(N2CCN(CCC3CCC(NS(=O)(=O)c4ccc(Cl)cc4)CC3)CC2)cc(C(F)(F)F)c1. The summed E-state index contributed by atoms with van der Waals surface area (Å²) in [5.74, 6) is 0.524. The van der Waals surface area contributed by atoms with Gasteiger partial charge in [-0.3, -0.25) is 4.90 Å². The number of benzene rings is 2. The van der Waals surface area contributed by atoms with Gasteiger partial charge in [0, 0.05) is 42.9 Å². The number of hydrogen-bond acceptors (Lipinski definition) is 5. The van der Waals surface area contributed by atoms with E-state index in [4.69, 9.17) is 16.9 Å². The third-order valence-corrected chi connectivity index (χ3v) is 9.05. The number of nitrogens with one attached hydrogen (secondary N) is 1. The molecule has 0 atom stereocenters. The van der Waals surface area contributed by atoms with Gasteiger partial charge in [0.2, 0.25) is 10.0 Å². The Kier molecular flexibility index (Phi) is 10.3. The lowest BCUT2D eigenvalue weighted by atomic mass is 9.84. The molecule has 4 rings (SSSR count). The predicted molar refractivity (Wildman–Crippen MR) is 144 cm³/mol. The van der Waals surface area contributed by atoms with Crippen LogP contribution in [0.5, 0.6) is 0 Å². The second kappa shape index (κ2) is 12.9. The molecule has 6 nitrogen and oxygen atoms in total. The number of alkyl halides is 3. The van der Waals surface area contributed by atoms with Crippen LogP contribution in [0.4, 0.5) is 18.9 Å². The highest BCUT2D eigenvalue weighted by Gasteiger charge is 2.32. The molecule has 2 aliphatic rings. The number of piperazine rings is 1. The van der Waals surface area contributed by atoms with Crippen molar-refractivity contribution in [2.24, 2.45) is 5.92 Å². The predicted octanol–water partition coefficient (Wildman–Crippen LogP) is 5.70. The molecule has 0 aromatic heterocycles. The average molecular weight is 592 g/mol. The van der Waals surface area contributed by atoms with E-state index in [-0.39, 0.29) is 28.9 Å². The Hall–Kier alpha value is -2.03. The van der Waals surface area contributed by atoms with Crippen LogP contribution in [0.2, 0.25) is 5.02 Å². The van der Waals surface area contributed by atoms with Crippen molar-refractivity contribution in [3.05, 3.63) is 58.6 Å². The molecule has 2 aromatic carbocycles. The van der Waals surface area contributed by atoms with Gasteiger partial charge in [-0.15, -0.1) is 12.4 Å². The fourth-order valence-corrected chi connectivity index (χ4v) is 6.52. The smallest absolute Gasteiger partial charge is 0.369 e. The van der Waals surface area contributed by atoms with Crippen LogP contribution < -0.4 is 9.62 Å². The summed E-state index contributed by atoms with van der Waals surface area (Å²) in [6.45, 7) is 3.60. The van der Waals surface area contributed by atoms with Crippen molar-refractivity contribution in [3.8, 4) is 6.07 Å². The van der Waals surface area contributed by atoms with Gasteiger partial charge in [-0.05, 0) is 87.0 Å². The Morgan fingerprint density at radius 2 is 1.63 bits per heavy atom. The number of hydrogen-bond donors (Lipinski definition) is 1. The molecular formula is C26H31Cl2F3N4O2S. The van der Waals surface area contributed by atoms with E-state index in [0.717, 1.165) is 63.9 Å². The Bertz CT molecular complexity index is 1220. The lowest BCUT2D eigenvalue weighted by Gasteiger charge is -2.37. The Morgan fingerprint density at radius 3 is 2.21 bits per heavy atom. The molecule has 2 fully saturated rings. The fourth-order valence-electron chi connectivity index (χ4n) is 5.09. The van der Waals surface area contributed by atoms with Crippen molar-refractivity contribution in [2.75, 3.05) is 37.6 Å². The van der Waals surface area contributed by atoms with E-state index in [9.17, 15) is 21.6 Å². The lowest BCUT2D eigenvalue weighted by molar-refractivity contribution is -0.137. The fraction of sp³-hybridized carbons (Fsp3) is 0.500. The number of rotatable bonds is 7. The minimum atomic E-state index is -4.49. The van der Waals surface area contributed by atoms with Gasteiger partial charge in [0.1, 0.15) is 0 Å².